The van der Waals surface area contributed by atoms with Gasteiger partial charge in [0.1, 0.15) is 6.61 Å². The number of likely N-dealkylation sites (N-methyl/N-ethyl adjacent to an activating group) is 1. The Labute approximate surface area is 49.5 Å². The molecule has 0 atom stereocenters. The molecule has 3 heteroatoms. The molecule has 48 valence electrons. The van der Waals surface area contributed by atoms with Crippen molar-refractivity contribution in [1.82, 2.24) is 5.32 Å². The van der Waals surface area contributed by atoms with Gasteiger partial charge in [-0.15, -0.1) is 0 Å². The lowest BCUT2D eigenvalue weighted by molar-refractivity contribution is 0.157. The van der Waals surface area contributed by atoms with E-state index in [-0.39, 0.29) is 0 Å². The molecule has 0 fully saturated rings. The van der Waals surface area contributed by atoms with Crippen molar-refractivity contribution in [2.75, 3.05) is 13.7 Å². The Hall–Kier alpha value is -0.540. The Bertz CT molecular complexity index is 80.5. The van der Waals surface area contributed by atoms with E-state index in [1.165, 1.54) is 0 Å². The molecule has 0 saturated heterocycles. The second-order valence-electron chi connectivity index (χ2n) is 1.37. The van der Waals surface area contributed by atoms with Crippen molar-refractivity contribution < 1.29 is 4.84 Å². The summed E-state index contributed by atoms with van der Waals surface area (Å²) >= 11 is 0. The van der Waals surface area contributed by atoms with Crippen molar-refractivity contribution in [3.63, 3.8) is 0 Å². The highest BCUT2D eigenvalue weighted by molar-refractivity contribution is 4.95. The molecule has 0 aromatic carbocycles. The van der Waals surface area contributed by atoms with Crippen molar-refractivity contribution in [2.45, 2.75) is 6.92 Å². The standard InChI is InChI=1S/C5H12N2O/c1-3-5(7-2)4-8-6/h3,7H,4,6H2,1-2H3/b5-3+. The summed E-state index contributed by atoms with van der Waals surface area (Å²) in [4.78, 5) is 4.35. The van der Waals surface area contributed by atoms with E-state index in [1.807, 2.05) is 20.0 Å². The molecule has 8 heavy (non-hydrogen) atoms. The predicted molar refractivity (Wildman–Crippen MR) is 33.0 cm³/mol. The molecule has 0 rings (SSSR count). The maximum Gasteiger partial charge on any atom is 0.107 e. The van der Waals surface area contributed by atoms with Gasteiger partial charge in [0, 0.05) is 12.7 Å². The van der Waals surface area contributed by atoms with Gasteiger partial charge in [0.25, 0.3) is 0 Å². The molecular formula is C5H12N2O. The average Bonchev–Trinajstić information content (AvgIpc) is 1.83. The van der Waals surface area contributed by atoms with Crippen molar-refractivity contribution in [3.8, 4) is 0 Å². The lowest BCUT2D eigenvalue weighted by Gasteiger charge is -2.01. The van der Waals surface area contributed by atoms with Crippen molar-refractivity contribution in [2.24, 2.45) is 5.90 Å². The van der Waals surface area contributed by atoms with E-state index in [9.17, 15) is 0 Å². The topological polar surface area (TPSA) is 47.3 Å². The molecule has 0 bridgehead atoms. The molecule has 3 N–H and O–H groups in total. The van der Waals surface area contributed by atoms with Gasteiger partial charge in [0.15, 0.2) is 0 Å². The zero-order valence-corrected chi connectivity index (χ0v) is 5.27. The highest BCUT2D eigenvalue weighted by atomic mass is 16.6. The summed E-state index contributed by atoms with van der Waals surface area (Å²) in [5, 5.41) is 2.91. The first-order chi connectivity index (χ1) is 3.85. The summed E-state index contributed by atoms with van der Waals surface area (Å²) in [5.41, 5.74) is 0.993. The summed E-state index contributed by atoms with van der Waals surface area (Å²) in [6.07, 6.45) is 1.91. The first-order valence-corrected chi connectivity index (χ1v) is 2.49. The Morgan fingerprint density at radius 2 is 2.50 bits per heavy atom. The molecular weight excluding hydrogens is 104 g/mol. The normalized spacial score (nSPS) is 11.6. The van der Waals surface area contributed by atoms with Crippen LogP contribution in [-0.4, -0.2) is 13.7 Å². The van der Waals surface area contributed by atoms with E-state index in [4.69, 9.17) is 5.90 Å². The molecule has 0 radical (unpaired) electrons. The number of hydrogen-bond donors (Lipinski definition) is 2. The van der Waals surface area contributed by atoms with Gasteiger partial charge in [-0.3, -0.25) is 4.84 Å². The van der Waals surface area contributed by atoms with E-state index < -0.39 is 0 Å². The number of allylic oxidation sites excluding steroid dienone is 1. The van der Waals surface area contributed by atoms with Gasteiger partial charge >= 0.3 is 0 Å². The van der Waals surface area contributed by atoms with E-state index in [0.29, 0.717) is 6.61 Å². The molecule has 0 aliphatic carbocycles. The summed E-state index contributed by atoms with van der Waals surface area (Å²) in [6.45, 7) is 2.37. The molecule has 0 aliphatic heterocycles. The largest absolute Gasteiger partial charge is 0.390 e. The SMILES string of the molecule is C/C=C(\CON)NC. The van der Waals surface area contributed by atoms with Gasteiger partial charge in [0.05, 0.1) is 0 Å². The van der Waals surface area contributed by atoms with Crippen LogP contribution in [0.15, 0.2) is 11.8 Å². The van der Waals surface area contributed by atoms with E-state index in [1.54, 1.807) is 0 Å². The minimum absolute atomic E-state index is 0.451. The quantitative estimate of drug-likeness (QED) is 0.510. The van der Waals surface area contributed by atoms with E-state index in [0.717, 1.165) is 5.70 Å². The van der Waals surface area contributed by atoms with Crippen LogP contribution in [0, 0.1) is 0 Å². The molecule has 0 unspecified atom stereocenters. The van der Waals surface area contributed by atoms with Crippen LogP contribution >= 0.6 is 0 Å². The average molecular weight is 116 g/mol. The van der Waals surface area contributed by atoms with Gasteiger partial charge in [0.2, 0.25) is 0 Å². The van der Waals surface area contributed by atoms with Crippen molar-refractivity contribution in [3.05, 3.63) is 11.8 Å². The molecule has 0 heterocycles. The van der Waals surface area contributed by atoms with Crippen molar-refractivity contribution in [1.29, 1.82) is 0 Å². The lowest BCUT2D eigenvalue weighted by atomic mass is 10.4. The maximum absolute atomic E-state index is 4.80. The Morgan fingerprint density at radius 3 is 2.62 bits per heavy atom. The predicted octanol–water partition coefficient (Wildman–Crippen LogP) is -0.0001000. The zero-order valence-electron chi connectivity index (χ0n) is 5.27. The molecule has 0 saturated carbocycles. The monoisotopic (exact) mass is 116 g/mol. The minimum atomic E-state index is 0.451. The highest BCUT2D eigenvalue weighted by Gasteiger charge is 1.86. The third kappa shape index (κ3) is 2.60. The first-order valence-electron chi connectivity index (χ1n) is 2.49. The fourth-order valence-electron chi connectivity index (χ4n) is 0.390. The summed E-state index contributed by atoms with van der Waals surface area (Å²) in [6, 6.07) is 0. The third-order valence-corrected chi connectivity index (χ3v) is 0.908. The second kappa shape index (κ2) is 4.61. The van der Waals surface area contributed by atoms with Gasteiger partial charge in [-0.2, -0.15) is 0 Å². The van der Waals surface area contributed by atoms with Gasteiger partial charge in [-0.25, -0.2) is 5.90 Å². The second-order valence-corrected chi connectivity index (χ2v) is 1.37. The number of hydrogen-bond acceptors (Lipinski definition) is 3. The molecule has 3 nitrogen and oxygen atoms in total. The van der Waals surface area contributed by atoms with E-state index >= 15 is 0 Å². The molecule has 0 amide bonds. The number of nitrogens with one attached hydrogen (secondary N) is 1. The third-order valence-electron chi connectivity index (χ3n) is 0.908. The minimum Gasteiger partial charge on any atom is -0.390 e. The molecule has 0 aromatic rings. The van der Waals surface area contributed by atoms with Gasteiger partial charge in [-0.05, 0) is 6.92 Å². The Kier molecular flexibility index (Phi) is 4.30. The van der Waals surface area contributed by atoms with Crippen LogP contribution in [0.1, 0.15) is 6.92 Å². The fourth-order valence-corrected chi connectivity index (χ4v) is 0.390. The zero-order chi connectivity index (χ0) is 6.41. The van der Waals surface area contributed by atoms with E-state index in [2.05, 4.69) is 10.2 Å². The fraction of sp³-hybridized carbons (Fsp3) is 0.600. The lowest BCUT2D eigenvalue weighted by Crippen LogP contribution is -2.14. The van der Waals surface area contributed by atoms with Gasteiger partial charge in [-0.1, -0.05) is 6.08 Å². The Balaban J connectivity index is 3.38. The molecule has 0 aromatic heterocycles. The van der Waals surface area contributed by atoms with Crippen LogP contribution in [0.25, 0.3) is 0 Å². The van der Waals surface area contributed by atoms with Crippen LogP contribution in [0.4, 0.5) is 0 Å². The maximum atomic E-state index is 4.80. The molecule has 0 aliphatic rings. The highest BCUT2D eigenvalue weighted by Crippen LogP contribution is 1.83. The number of nitrogens with two attached hydrogens (primary N) is 1. The van der Waals surface area contributed by atoms with Gasteiger partial charge < -0.3 is 5.32 Å². The Morgan fingerprint density at radius 1 is 1.88 bits per heavy atom. The van der Waals surface area contributed by atoms with Crippen LogP contribution in [0.3, 0.4) is 0 Å². The first kappa shape index (κ1) is 7.46. The summed E-state index contributed by atoms with van der Waals surface area (Å²) < 4.78 is 0. The smallest absolute Gasteiger partial charge is 0.107 e. The van der Waals surface area contributed by atoms with Crippen molar-refractivity contribution >= 4 is 0 Å². The van der Waals surface area contributed by atoms with Crippen LogP contribution in [0.5, 0.6) is 0 Å². The van der Waals surface area contributed by atoms with Crippen LogP contribution < -0.4 is 11.2 Å². The summed E-state index contributed by atoms with van der Waals surface area (Å²) in [5.74, 6) is 4.80. The van der Waals surface area contributed by atoms with Crippen LogP contribution in [0.2, 0.25) is 0 Å². The van der Waals surface area contributed by atoms with Crippen LogP contribution in [-0.2, 0) is 4.84 Å². The summed E-state index contributed by atoms with van der Waals surface area (Å²) in [7, 11) is 1.83. The molecule has 0 spiro atoms. The number of rotatable bonds is 3.